The van der Waals surface area contributed by atoms with Gasteiger partial charge in [-0.15, -0.1) is 0 Å². The Hall–Kier alpha value is -0.830. The van der Waals surface area contributed by atoms with Gasteiger partial charge in [-0.05, 0) is 31.0 Å². The second kappa shape index (κ2) is 4.60. The van der Waals surface area contributed by atoms with E-state index in [4.69, 9.17) is 17.4 Å². The first kappa shape index (κ1) is 11.2. The van der Waals surface area contributed by atoms with E-state index in [1.54, 1.807) is 0 Å². The van der Waals surface area contributed by atoms with Gasteiger partial charge in [0, 0.05) is 5.02 Å². The Balaban J connectivity index is 3.10. The predicted octanol–water partition coefficient (Wildman–Crippen LogP) is 2.73. The van der Waals surface area contributed by atoms with E-state index in [1.807, 2.05) is 32.0 Å². The van der Waals surface area contributed by atoms with Crippen LogP contribution in [-0.2, 0) is 0 Å². The van der Waals surface area contributed by atoms with Gasteiger partial charge in [0.05, 0.1) is 6.04 Å². The molecule has 3 N–H and O–H groups in total. The largest absolute Gasteiger partial charge is 0.271 e. The Kier molecular flexibility index (Phi) is 3.69. The van der Waals surface area contributed by atoms with Crippen LogP contribution in [0.1, 0.15) is 24.1 Å². The van der Waals surface area contributed by atoms with Gasteiger partial charge in [-0.3, -0.25) is 5.84 Å². The lowest BCUT2D eigenvalue weighted by molar-refractivity contribution is 0.627. The van der Waals surface area contributed by atoms with Crippen LogP contribution < -0.4 is 11.3 Å². The first-order valence-corrected chi connectivity index (χ1v) is 4.81. The van der Waals surface area contributed by atoms with Crippen LogP contribution in [0.25, 0.3) is 0 Å². The average molecular weight is 211 g/mol. The van der Waals surface area contributed by atoms with Gasteiger partial charge >= 0.3 is 0 Å². The molecule has 3 heteroatoms. The average Bonchev–Trinajstić information content (AvgIpc) is 2.09. The summed E-state index contributed by atoms with van der Waals surface area (Å²) in [6, 6.07) is 5.82. The summed E-state index contributed by atoms with van der Waals surface area (Å²) in [5.41, 5.74) is 5.74. The zero-order chi connectivity index (χ0) is 10.7. The van der Waals surface area contributed by atoms with Crippen LogP contribution in [0.5, 0.6) is 0 Å². The number of hydrogen-bond acceptors (Lipinski definition) is 2. The lowest BCUT2D eigenvalue weighted by Crippen LogP contribution is -2.28. The maximum Gasteiger partial charge on any atom is 0.0679 e. The van der Waals surface area contributed by atoms with E-state index in [-0.39, 0.29) is 6.04 Å². The zero-order valence-corrected chi connectivity index (χ0v) is 9.23. The molecule has 1 aromatic carbocycles. The van der Waals surface area contributed by atoms with Gasteiger partial charge in [0.25, 0.3) is 0 Å². The quantitative estimate of drug-likeness (QED) is 0.458. The van der Waals surface area contributed by atoms with Gasteiger partial charge in [0.1, 0.15) is 0 Å². The Morgan fingerprint density at radius 3 is 2.64 bits per heavy atom. The molecule has 0 amide bonds. The number of nitrogens with one attached hydrogen (secondary N) is 1. The van der Waals surface area contributed by atoms with E-state index >= 15 is 0 Å². The summed E-state index contributed by atoms with van der Waals surface area (Å²) in [6.07, 6.45) is 0. The Labute approximate surface area is 89.7 Å². The van der Waals surface area contributed by atoms with Gasteiger partial charge in [-0.2, -0.15) is 0 Å². The van der Waals surface area contributed by atoms with Gasteiger partial charge in [-0.1, -0.05) is 35.9 Å². The van der Waals surface area contributed by atoms with Crippen molar-refractivity contribution in [1.29, 1.82) is 0 Å². The van der Waals surface area contributed by atoms with Crippen molar-refractivity contribution in [2.75, 3.05) is 0 Å². The van der Waals surface area contributed by atoms with E-state index < -0.39 is 0 Å². The highest BCUT2D eigenvalue weighted by molar-refractivity contribution is 6.31. The molecule has 76 valence electrons. The predicted molar refractivity (Wildman–Crippen MR) is 61.1 cm³/mol. The topological polar surface area (TPSA) is 38.0 Å². The third kappa shape index (κ3) is 2.35. The third-order valence-corrected chi connectivity index (χ3v) is 2.45. The standard InChI is InChI=1S/C11H15ClN2/c1-7(2)11(14-13)9-5-4-8(3)6-10(9)12/h4-6,11,14H,1,13H2,2-3H3. The first-order valence-electron chi connectivity index (χ1n) is 4.44. The molecule has 0 spiro atoms. The Morgan fingerprint density at radius 2 is 2.21 bits per heavy atom. The van der Waals surface area contributed by atoms with Gasteiger partial charge in [0.15, 0.2) is 0 Å². The van der Waals surface area contributed by atoms with Crippen molar-refractivity contribution in [3.63, 3.8) is 0 Å². The van der Waals surface area contributed by atoms with Crippen LogP contribution in [0, 0.1) is 6.92 Å². The summed E-state index contributed by atoms with van der Waals surface area (Å²) in [7, 11) is 0. The van der Waals surface area contributed by atoms with Crippen molar-refractivity contribution in [3.05, 3.63) is 46.5 Å². The maximum absolute atomic E-state index is 6.11. The van der Waals surface area contributed by atoms with E-state index in [0.717, 1.165) is 21.7 Å². The minimum atomic E-state index is -0.0805. The van der Waals surface area contributed by atoms with Crippen molar-refractivity contribution < 1.29 is 0 Å². The smallest absolute Gasteiger partial charge is 0.0679 e. The lowest BCUT2D eigenvalue weighted by Gasteiger charge is -2.17. The molecule has 0 aromatic heterocycles. The molecule has 0 saturated carbocycles. The van der Waals surface area contributed by atoms with Crippen molar-refractivity contribution >= 4 is 11.6 Å². The maximum atomic E-state index is 6.11. The summed E-state index contributed by atoms with van der Waals surface area (Å²) < 4.78 is 0. The number of hydrazine groups is 1. The SMILES string of the molecule is C=C(C)C(NN)c1ccc(C)cc1Cl. The number of hydrogen-bond donors (Lipinski definition) is 2. The fourth-order valence-electron chi connectivity index (χ4n) is 1.36. The van der Waals surface area contributed by atoms with Crippen molar-refractivity contribution in [2.24, 2.45) is 5.84 Å². The summed E-state index contributed by atoms with van der Waals surface area (Å²) in [5.74, 6) is 5.44. The molecule has 0 aliphatic carbocycles. The Morgan fingerprint density at radius 1 is 1.57 bits per heavy atom. The molecule has 2 nitrogen and oxygen atoms in total. The van der Waals surface area contributed by atoms with Crippen molar-refractivity contribution in [2.45, 2.75) is 19.9 Å². The van der Waals surface area contributed by atoms with Crippen LogP contribution in [0.2, 0.25) is 5.02 Å². The lowest BCUT2D eigenvalue weighted by atomic mass is 10.0. The first-order chi connectivity index (χ1) is 6.56. The summed E-state index contributed by atoms with van der Waals surface area (Å²) in [4.78, 5) is 0. The molecular formula is C11H15ClN2. The molecule has 0 fully saturated rings. The van der Waals surface area contributed by atoms with Gasteiger partial charge in [0.2, 0.25) is 0 Å². The summed E-state index contributed by atoms with van der Waals surface area (Å²) in [5, 5.41) is 0.718. The third-order valence-electron chi connectivity index (χ3n) is 2.13. The zero-order valence-electron chi connectivity index (χ0n) is 8.47. The van der Waals surface area contributed by atoms with E-state index in [2.05, 4.69) is 12.0 Å². The van der Waals surface area contributed by atoms with Crippen LogP contribution in [0.3, 0.4) is 0 Å². The minimum Gasteiger partial charge on any atom is -0.271 e. The Bertz CT molecular complexity index is 347. The molecule has 1 aromatic rings. The number of benzene rings is 1. The van der Waals surface area contributed by atoms with Crippen LogP contribution >= 0.6 is 11.6 Å². The molecule has 0 bridgehead atoms. The molecule has 1 rings (SSSR count). The van der Waals surface area contributed by atoms with Crippen LogP contribution in [0.4, 0.5) is 0 Å². The number of aryl methyl sites for hydroxylation is 1. The highest BCUT2D eigenvalue weighted by atomic mass is 35.5. The number of halogens is 1. The van der Waals surface area contributed by atoms with E-state index in [9.17, 15) is 0 Å². The minimum absolute atomic E-state index is 0.0805. The molecule has 0 aliphatic heterocycles. The second-order valence-electron chi connectivity index (χ2n) is 3.47. The number of rotatable bonds is 3. The molecule has 1 unspecified atom stereocenters. The highest BCUT2D eigenvalue weighted by Gasteiger charge is 2.13. The molecular weight excluding hydrogens is 196 g/mol. The molecule has 0 radical (unpaired) electrons. The normalized spacial score (nSPS) is 12.6. The van der Waals surface area contributed by atoms with Gasteiger partial charge < -0.3 is 0 Å². The summed E-state index contributed by atoms with van der Waals surface area (Å²) >= 11 is 6.11. The fourth-order valence-corrected chi connectivity index (χ4v) is 1.71. The van der Waals surface area contributed by atoms with Crippen LogP contribution in [-0.4, -0.2) is 0 Å². The number of nitrogens with two attached hydrogens (primary N) is 1. The molecule has 14 heavy (non-hydrogen) atoms. The van der Waals surface area contributed by atoms with Crippen molar-refractivity contribution in [3.8, 4) is 0 Å². The summed E-state index contributed by atoms with van der Waals surface area (Å²) in [6.45, 7) is 7.78. The molecule has 1 atom stereocenters. The molecule has 0 aliphatic rings. The molecule has 0 saturated heterocycles. The molecule has 0 heterocycles. The van der Waals surface area contributed by atoms with E-state index in [1.165, 1.54) is 0 Å². The second-order valence-corrected chi connectivity index (χ2v) is 3.88. The van der Waals surface area contributed by atoms with Crippen molar-refractivity contribution in [1.82, 2.24) is 5.43 Å². The van der Waals surface area contributed by atoms with E-state index in [0.29, 0.717) is 0 Å². The van der Waals surface area contributed by atoms with Gasteiger partial charge in [-0.25, -0.2) is 5.43 Å². The highest BCUT2D eigenvalue weighted by Crippen LogP contribution is 2.27. The monoisotopic (exact) mass is 210 g/mol. The fraction of sp³-hybridized carbons (Fsp3) is 0.273. The van der Waals surface area contributed by atoms with Crippen LogP contribution in [0.15, 0.2) is 30.4 Å².